The molecule has 0 bridgehead atoms. The van der Waals surface area contributed by atoms with Gasteiger partial charge < -0.3 is 10.0 Å². The molecule has 8 heteroatoms. The van der Waals surface area contributed by atoms with E-state index in [1.807, 2.05) is 0 Å². The van der Waals surface area contributed by atoms with Crippen molar-refractivity contribution in [2.45, 2.75) is 19.3 Å². The van der Waals surface area contributed by atoms with Crippen LogP contribution in [0.1, 0.15) is 16.7 Å². The monoisotopic (exact) mass is 415 g/mol. The number of carboxylic acids is 1. The Morgan fingerprint density at radius 2 is 1.60 bits per heavy atom. The number of nitrogens with zero attached hydrogens (tertiary/aromatic N) is 1. The number of rotatable bonds is 4. The summed E-state index contributed by atoms with van der Waals surface area (Å²) in [6.07, 6.45) is -4.45. The fourth-order valence-corrected chi connectivity index (χ4v) is 2.60. The van der Waals surface area contributed by atoms with E-state index in [-0.39, 0.29) is 13.1 Å². The van der Waals surface area contributed by atoms with E-state index >= 15 is 0 Å². The normalized spacial score (nSPS) is 11.2. The number of carbonyl (C=O) groups excluding carboxylic acids is 1. The summed E-state index contributed by atoms with van der Waals surface area (Å²) in [6.45, 7) is -0.113. The molecule has 0 aromatic heterocycles. The highest BCUT2D eigenvalue weighted by Crippen LogP contribution is 2.29. The fraction of sp³-hybridized carbons (Fsp3) is 0.176. The highest BCUT2D eigenvalue weighted by atomic mass is 79.9. The van der Waals surface area contributed by atoms with E-state index in [0.717, 1.165) is 17.0 Å². The van der Waals surface area contributed by atoms with E-state index in [4.69, 9.17) is 5.11 Å². The lowest BCUT2D eigenvalue weighted by Crippen LogP contribution is -2.35. The summed E-state index contributed by atoms with van der Waals surface area (Å²) in [5.41, 5.74) is 0.275. The number of carboxylic acid groups (broad SMARTS) is 1. The third-order valence-electron chi connectivity index (χ3n) is 3.44. The molecule has 0 fully saturated rings. The Hall–Kier alpha value is -2.35. The second-order valence-electron chi connectivity index (χ2n) is 5.25. The molecule has 0 aliphatic rings. The highest BCUT2D eigenvalue weighted by Gasteiger charge is 2.30. The van der Waals surface area contributed by atoms with E-state index < -0.39 is 23.6 Å². The minimum Gasteiger partial charge on any atom is -0.474 e. The Kier molecular flexibility index (Phi) is 5.84. The van der Waals surface area contributed by atoms with Gasteiger partial charge in [-0.1, -0.05) is 46.3 Å². The molecule has 1 amide bonds. The van der Waals surface area contributed by atoms with Crippen molar-refractivity contribution >= 4 is 27.8 Å². The number of hydrogen-bond acceptors (Lipinski definition) is 2. The van der Waals surface area contributed by atoms with E-state index in [2.05, 4.69) is 15.9 Å². The molecular formula is C17H13BrF3NO3. The number of aliphatic carboxylic acids is 1. The van der Waals surface area contributed by atoms with E-state index in [9.17, 15) is 22.8 Å². The summed E-state index contributed by atoms with van der Waals surface area (Å²) >= 11 is 3.32. The molecule has 0 unspecified atom stereocenters. The quantitative estimate of drug-likeness (QED) is 0.765. The molecule has 0 heterocycles. The molecule has 2 aromatic rings. The largest absolute Gasteiger partial charge is 0.474 e. The summed E-state index contributed by atoms with van der Waals surface area (Å²) in [6, 6.07) is 11.2. The van der Waals surface area contributed by atoms with Gasteiger partial charge in [0, 0.05) is 17.6 Å². The van der Waals surface area contributed by atoms with Crippen LogP contribution in [0.4, 0.5) is 13.2 Å². The van der Waals surface area contributed by atoms with E-state index in [1.165, 1.54) is 12.1 Å². The van der Waals surface area contributed by atoms with Crippen LogP contribution in [0.15, 0.2) is 53.0 Å². The molecule has 4 nitrogen and oxygen atoms in total. The molecule has 0 atom stereocenters. The van der Waals surface area contributed by atoms with Crippen molar-refractivity contribution in [2.24, 2.45) is 0 Å². The van der Waals surface area contributed by atoms with Crippen LogP contribution >= 0.6 is 15.9 Å². The van der Waals surface area contributed by atoms with Gasteiger partial charge in [-0.3, -0.25) is 4.79 Å². The zero-order valence-electron chi connectivity index (χ0n) is 12.8. The fourth-order valence-electron chi connectivity index (χ4n) is 2.19. The molecule has 2 aromatic carbocycles. The number of halogens is 4. The van der Waals surface area contributed by atoms with Gasteiger partial charge in [0.05, 0.1) is 5.56 Å². The number of hydrogen-bond donors (Lipinski definition) is 1. The van der Waals surface area contributed by atoms with Gasteiger partial charge in [0.1, 0.15) is 0 Å². The first-order chi connectivity index (χ1) is 11.7. The summed E-state index contributed by atoms with van der Waals surface area (Å²) in [5, 5.41) is 8.98. The summed E-state index contributed by atoms with van der Waals surface area (Å²) < 4.78 is 38.5. The molecular weight excluding hydrogens is 403 g/mol. The molecule has 0 saturated carbocycles. The van der Waals surface area contributed by atoms with E-state index in [0.29, 0.717) is 15.6 Å². The SMILES string of the molecule is O=C(O)C(=O)N(Cc1ccc(C(F)(F)F)cc1)Cc1ccccc1Br. The van der Waals surface area contributed by atoms with Gasteiger partial charge in [0.2, 0.25) is 0 Å². The molecule has 2 rings (SSSR count). The minimum absolute atomic E-state index is 0.00752. The Labute approximate surface area is 150 Å². The maximum Gasteiger partial charge on any atom is 0.416 e. The standard InChI is InChI=1S/C17H13BrF3NO3/c18-14-4-2-1-3-12(14)10-22(15(23)16(24)25)9-11-5-7-13(8-6-11)17(19,20)21/h1-8H,9-10H2,(H,24,25). The minimum atomic E-state index is -4.45. The van der Waals surface area contributed by atoms with Gasteiger partial charge in [-0.25, -0.2) is 4.79 Å². The summed E-state index contributed by atoms with van der Waals surface area (Å²) in [5.74, 6) is -2.75. The summed E-state index contributed by atoms with van der Waals surface area (Å²) in [7, 11) is 0. The van der Waals surface area contributed by atoms with Crippen LogP contribution in [-0.2, 0) is 28.9 Å². The van der Waals surface area contributed by atoms with Gasteiger partial charge >= 0.3 is 18.1 Å². The van der Waals surface area contributed by atoms with Gasteiger partial charge in [-0.15, -0.1) is 0 Å². The molecule has 1 N–H and O–H groups in total. The highest BCUT2D eigenvalue weighted by molar-refractivity contribution is 9.10. The molecule has 0 saturated heterocycles. The molecule has 0 radical (unpaired) electrons. The van der Waals surface area contributed by atoms with Gasteiger partial charge in [-0.2, -0.15) is 13.2 Å². The van der Waals surface area contributed by atoms with Crippen LogP contribution in [0, 0.1) is 0 Å². The first kappa shape index (κ1) is 19.0. The third kappa shape index (κ3) is 5.06. The first-order valence-electron chi connectivity index (χ1n) is 7.10. The Morgan fingerprint density at radius 1 is 1.00 bits per heavy atom. The van der Waals surface area contributed by atoms with Gasteiger partial charge in [-0.05, 0) is 29.3 Å². The predicted molar refractivity (Wildman–Crippen MR) is 87.5 cm³/mol. The molecule has 132 valence electrons. The third-order valence-corrected chi connectivity index (χ3v) is 4.22. The average molecular weight is 416 g/mol. The zero-order chi connectivity index (χ0) is 18.6. The van der Waals surface area contributed by atoms with Gasteiger partial charge in [0.15, 0.2) is 0 Å². The van der Waals surface area contributed by atoms with Crippen molar-refractivity contribution in [2.75, 3.05) is 0 Å². The predicted octanol–water partition coefficient (Wildman–Crippen LogP) is 4.08. The van der Waals surface area contributed by atoms with Gasteiger partial charge in [0.25, 0.3) is 0 Å². The Bertz CT molecular complexity index is 775. The molecule has 0 aliphatic heterocycles. The van der Waals surface area contributed by atoms with Crippen molar-refractivity contribution in [3.05, 3.63) is 69.7 Å². The van der Waals surface area contributed by atoms with E-state index in [1.54, 1.807) is 24.3 Å². The van der Waals surface area contributed by atoms with Crippen LogP contribution in [-0.4, -0.2) is 21.9 Å². The van der Waals surface area contributed by atoms with Crippen molar-refractivity contribution < 1.29 is 27.9 Å². The topological polar surface area (TPSA) is 57.6 Å². The number of benzene rings is 2. The second kappa shape index (κ2) is 7.69. The van der Waals surface area contributed by atoms with Crippen LogP contribution in [0.3, 0.4) is 0 Å². The van der Waals surface area contributed by atoms with Crippen LogP contribution in [0.25, 0.3) is 0 Å². The number of carbonyl (C=O) groups is 2. The molecule has 0 spiro atoms. The Balaban J connectivity index is 2.23. The number of alkyl halides is 3. The van der Waals surface area contributed by atoms with Crippen LogP contribution < -0.4 is 0 Å². The molecule has 25 heavy (non-hydrogen) atoms. The first-order valence-corrected chi connectivity index (χ1v) is 7.89. The van der Waals surface area contributed by atoms with Crippen molar-refractivity contribution in [1.82, 2.24) is 4.90 Å². The van der Waals surface area contributed by atoms with Crippen molar-refractivity contribution in [3.63, 3.8) is 0 Å². The maximum atomic E-state index is 12.6. The Morgan fingerprint density at radius 3 is 2.12 bits per heavy atom. The maximum absolute atomic E-state index is 12.6. The average Bonchev–Trinajstić information content (AvgIpc) is 2.55. The van der Waals surface area contributed by atoms with Crippen molar-refractivity contribution in [3.8, 4) is 0 Å². The molecule has 0 aliphatic carbocycles. The smallest absolute Gasteiger partial charge is 0.416 e. The van der Waals surface area contributed by atoms with Crippen LogP contribution in [0.2, 0.25) is 0 Å². The van der Waals surface area contributed by atoms with Crippen LogP contribution in [0.5, 0.6) is 0 Å². The second-order valence-corrected chi connectivity index (χ2v) is 6.11. The number of amides is 1. The van der Waals surface area contributed by atoms with Crippen molar-refractivity contribution in [1.29, 1.82) is 0 Å². The summed E-state index contributed by atoms with van der Waals surface area (Å²) in [4.78, 5) is 24.0. The lowest BCUT2D eigenvalue weighted by molar-refractivity contribution is -0.156. The zero-order valence-corrected chi connectivity index (χ0v) is 14.3. The lowest BCUT2D eigenvalue weighted by Gasteiger charge is -2.22. The lowest BCUT2D eigenvalue weighted by atomic mass is 10.1.